The monoisotopic (exact) mass is 391 g/mol. The number of hydrogen-bond donors (Lipinski definition) is 2. The van der Waals surface area contributed by atoms with E-state index in [1.54, 1.807) is 36.4 Å². The van der Waals surface area contributed by atoms with Gasteiger partial charge in [0.05, 0.1) is 11.8 Å². The average Bonchev–Trinajstić information content (AvgIpc) is 2.89. The van der Waals surface area contributed by atoms with Gasteiger partial charge in [0.2, 0.25) is 0 Å². The summed E-state index contributed by atoms with van der Waals surface area (Å²) < 4.78 is 0. The molecular formula is C21H21N5OS. The van der Waals surface area contributed by atoms with Crippen molar-refractivity contribution in [2.75, 3.05) is 0 Å². The molecule has 2 unspecified atom stereocenters. The number of thioether (sulfide) groups is 1. The summed E-state index contributed by atoms with van der Waals surface area (Å²) in [6, 6.07) is 5.45. The highest BCUT2D eigenvalue weighted by Gasteiger charge is 2.45. The van der Waals surface area contributed by atoms with E-state index in [9.17, 15) is 5.11 Å². The summed E-state index contributed by atoms with van der Waals surface area (Å²) in [6.45, 7) is 4.49. The molecule has 0 radical (unpaired) electrons. The van der Waals surface area contributed by atoms with Gasteiger partial charge in [0.15, 0.2) is 5.82 Å². The van der Waals surface area contributed by atoms with Gasteiger partial charge < -0.3 is 5.11 Å². The van der Waals surface area contributed by atoms with Crippen molar-refractivity contribution in [2.24, 2.45) is 0 Å². The number of hydrogen-bond acceptors (Lipinski definition) is 7. The summed E-state index contributed by atoms with van der Waals surface area (Å²) in [5.74, 6) is 0.552. The van der Waals surface area contributed by atoms with Crippen molar-refractivity contribution in [3.8, 4) is 17.1 Å². The highest BCUT2D eigenvalue weighted by atomic mass is 32.2. The molecule has 6 nitrogen and oxygen atoms in total. The Labute approximate surface area is 167 Å². The number of phenols is 1. The normalized spacial score (nSPS) is 28.7. The van der Waals surface area contributed by atoms with E-state index in [1.807, 2.05) is 12.1 Å². The second kappa shape index (κ2) is 6.25. The molecule has 1 fully saturated rings. The van der Waals surface area contributed by atoms with E-state index in [0.29, 0.717) is 16.6 Å². The molecule has 1 saturated heterocycles. The van der Waals surface area contributed by atoms with E-state index < -0.39 is 0 Å². The van der Waals surface area contributed by atoms with Crippen molar-refractivity contribution in [3.63, 3.8) is 0 Å². The molecule has 28 heavy (non-hydrogen) atoms. The predicted molar refractivity (Wildman–Crippen MR) is 110 cm³/mol. The highest BCUT2D eigenvalue weighted by molar-refractivity contribution is 7.99. The van der Waals surface area contributed by atoms with Crippen molar-refractivity contribution < 1.29 is 5.11 Å². The van der Waals surface area contributed by atoms with Crippen molar-refractivity contribution in [1.29, 1.82) is 0 Å². The van der Waals surface area contributed by atoms with E-state index in [4.69, 9.17) is 0 Å². The van der Waals surface area contributed by atoms with Crippen molar-refractivity contribution in [3.05, 3.63) is 48.9 Å². The molecule has 4 heterocycles. The zero-order chi connectivity index (χ0) is 19.4. The highest BCUT2D eigenvalue weighted by Crippen LogP contribution is 2.43. The number of nitrogens with one attached hydrogen (secondary N) is 1. The summed E-state index contributed by atoms with van der Waals surface area (Å²) >= 11 is 1.73. The molecule has 0 aliphatic carbocycles. The molecule has 2 atom stereocenters. The molecule has 2 bridgehead atoms. The molecule has 2 aromatic heterocycles. The minimum atomic E-state index is 0.0528. The maximum Gasteiger partial charge on any atom is 0.185 e. The molecular weight excluding hydrogens is 370 g/mol. The van der Waals surface area contributed by atoms with Gasteiger partial charge in [-0.05, 0) is 50.3 Å². The predicted octanol–water partition coefficient (Wildman–Crippen LogP) is 3.72. The lowest BCUT2D eigenvalue weighted by atomic mass is 9.87. The molecule has 0 spiro atoms. The number of fused-ring (bicyclic) bond motifs is 3. The van der Waals surface area contributed by atoms with Crippen molar-refractivity contribution >= 4 is 22.5 Å². The van der Waals surface area contributed by atoms with Crippen LogP contribution < -0.4 is 5.32 Å². The Morgan fingerprint density at radius 3 is 2.57 bits per heavy atom. The fourth-order valence-corrected chi connectivity index (χ4v) is 5.76. The molecule has 5 rings (SSSR count). The lowest BCUT2D eigenvalue weighted by Crippen LogP contribution is -2.55. The molecule has 0 saturated carbocycles. The SMILES string of the molecule is CC12C=CC(C)(CC(Sc3cnc(-c4cc5ccncc5cc4O)nn3)C1)N2. The summed E-state index contributed by atoms with van der Waals surface area (Å²) in [7, 11) is 0. The number of phenolic OH excluding ortho intramolecular Hbond substituents is 1. The maximum absolute atomic E-state index is 10.4. The molecule has 2 N–H and O–H groups in total. The second-order valence-electron chi connectivity index (χ2n) is 8.15. The zero-order valence-electron chi connectivity index (χ0n) is 15.8. The first-order valence-corrected chi connectivity index (χ1v) is 10.2. The van der Waals surface area contributed by atoms with E-state index in [1.165, 1.54) is 0 Å². The minimum Gasteiger partial charge on any atom is -0.507 e. The first kappa shape index (κ1) is 17.6. The molecule has 142 valence electrons. The lowest BCUT2D eigenvalue weighted by molar-refractivity contribution is 0.263. The van der Waals surface area contributed by atoms with Gasteiger partial charge in [0, 0.05) is 34.1 Å². The van der Waals surface area contributed by atoms with Gasteiger partial charge in [-0.1, -0.05) is 23.9 Å². The fraction of sp³-hybridized carbons (Fsp3) is 0.333. The van der Waals surface area contributed by atoms with Crippen molar-refractivity contribution in [1.82, 2.24) is 25.5 Å². The van der Waals surface area contributed by atoms with Crippen LogP contribution in [0.1, 0.15) is 26.7 Å². The lowest BCUT2D eigenvalue weighted by Gasteiger charge is -2.41. The quantitative estimate of drug-likeness (QED) is 0.658. The molecule has 2 aliphatic heterocycles. The van der Waals surface area contributed by atoms with E-state index in [-0.39, 0.29) is 16.8 Å². The third-order valence-electron chi connectivity index (χ3n) is 5.52. The van der Waals surface area contributed by atoms with E-state index in [2.05, 4.69) is 51.5 Å². The van der Waals surface area contributed by atoms with Crippen LogP contribution in [0, 0.1) is 0 Å². The van der Waals surface area contributed by atoms with Crippen LogP contribution in [0.4, 0.5) is 0 Å². The number of rotatable bonds is 3. The number of nitrogens with zero attached hydrogens (tertiary/aromatic N) is 4. The average molecular weight is 392 g/mol. The maximum atomic E-state index is 10.4. The molecule has 2 aliphatic rings. The van der Waals surface area contributed by atoms with Crippen LogP contribution in [0.25, 0.3) is 22.2 Å². The molecule has 1 aromatic carbocycles. The first-order chi connectivity index (χ1) is 13.4. The Morgan fingerprint density at radius 2 is 1.86 bits per heavy atom. The van der Waals surface area contributed by atoms with E-state index >= 15 is 0 Å². The third kappa shape index (κ3) is 3.14. The fourth-order valence-electron chi connectivity index (χ4n) is 4.36. The van der Waals surface area contributed by atoms with Gasteiger partial charge in [-0.25, -0.2) is 4.98 Å². The Morgan fingerprint density at radius 1 is 1.07 bits per heavy atom. The largest absolute Gasteiger partial charge is 0.507 e. The number of aromatic nitrogens is 4. The van der Waals surface area contributed by atoms with Gasteiger partial charge in [-0.2, -0.15) is 0 Å². The van der Waals surface area contributed by atoms with Gasteiger partial charge in [0.1, 0.15) is 10.8 Å². The third-order valence-corrected chi connectivity index (χ3v) is 6.61. The Hall–Kier alpha value is -2.51. The van der Waals surface area contributed by atoms with Crippen LogP contribution in [-0.4, -0.2) is 41.6 Å². The summed E-state index contributed by atoms with van der Waals surface area (Å²) in [5.41, 5.74) is 0.681. The zero-order valence-corrected chi connectivity index (χ0v) is 16.6. The van der Waals surface area contributed by atoms with Crippen LogP contribution in [0.2, 0.25) is 0 Å². The second-order valence-corrected chi connectivity index (χ2v) is 9.47. The van der Waals surface area contributed by atoms with Gasteiger partial charge in [-0.3, -0.25) is 10.3 Å². The summed E-state index contributed by atoms with van der Waals surface area (Å²) in [4.78, 5) is 8.55. The Kier molecular flexibility index (Phi) is 3.93. The van der Waals surface area contributed by atoms with Crippen LogP contribution in [0.3, 0.4) is 0 Å². The topological polar surface area (TPSA) is 83.8 Å². The minimum absolute atomic E-state index is 0.0528. The van der Waals surface area contributed by atoms with Crippen LogP contribution >= 0.6 is 11.8 Å². The Balaban J connectivity index is 1.37. The molecule has 7 heteroatoms. The van der Waals surface area contributed by atoms with Crippen LogP contribution in [0.5, 0.6) is 5.75 Å². The number of piperidine rings is 1. The summed E-state index contributed by atoms with van der Waals surface area (Å²) in [5, 5.41) is 25.8. The standard InChI is InChI=1S/C21H21N5OS/c1-20-4-5-21(2,26-20)10-15(9-20)28-18-12-23-19(25-24-18)16-7-13-3-6-22-11-14(13)8-17(16)27/h3-8,11-12,15,26-27H,9-10H2,1-2H3. The first-order valence-electron chi connectivity index (χ1n) is 9.35. The number of pyridine rings is 1. The summed E-state index contributed by atoms with van der Waals surface area (Å²) in [6.07, 6.45) is 11.9. The Bertz CT molecular complexity index is 1070. The number of benzene rings is 1. The van der Waals surface area contributed by atoms with E-state index in [0.717, 1.165) is 28.6 Å². The van der Waals surface area contributed by atoms with Crippen LogP contribution in [-0.2, 0) is 0 Å². The number of aromatic hydroxyl groups is 1. The van der Waals surface area contributed by atoms with Gasteiger partial charge in [-0.15, -0.1) is 10.2 Å². The van der Waals surface area contributed by atoms with Crippen LogP contribution in [0.15, 0.2) is 54.0 Å². The van der Waals surface area contributed by atoms with Gasteiger partial charge >= 0.3 is 0 Å². The smallest absolute Gasteiger partial charge is 0.185 e. The van der Waals surface area contributed by atoms with Crippen molar-refractivity contribution in [2.45, 2.75) is 48.0 Å². The van der Waals surface area contributed by atoms with Gasteiger partial charge in [0.25, 0.3) is 0 Å². The molecule has 0 amide bonds. The molecule has 3 aromatic rings.